The molecule has 0 aliphatic heterocycles. The van der Waals surface area contributed by atoms with Crippen LogP contribution >= 0.6 is 0 Å². The van der Waals surface area contributed by atoms with Gasteiger partial charge in [0, 0.05) is 49.4 Å². The molecule has 0 spiro atoms. The lowest BCUT2D eigenvalue weighted by Gasteiger charge is -2.42. The molecule has 3 heterocycles. The topological polar surface area (TPSA) is 14.8 Å². The van der Waals surface area contributed by atoms with Crippen LogP contribution < -0.4 is 0 Å². The third-order valence-corrected chi connectivity index (χ3v) is 13.5. The van der Waals surface area contributed by atoms with Crippen LogP contribution in [0.5, 0.6) is 0 Å². The van der Waals surface area contributed by atoms with E-state index in [4.69, 9.17) is 0 Å². The SMILES string of the molecule is CC1(C)CCC(C)(C)c2cc3c(cc21)c1cc2c4c5ccccc5ccc4n(-c4ccccc4)c2cc1n3-c1ccc2c3ccccc3n(-c3ccccc3)c2c1. The minimum atomic E-state index is 0.0771. The van der Waals surface area contributed by atoms with Gasteiger partial charge in [-0.1, -0.05) is 119 Å². The average Bonchev–Trinajstić information content (AvgIpc) is 3.86. The van der Waals surface area contributed by atoms with Crippen LogP contribution in [0.1, 0.15) is 51.7 Å². The number of rotatable bonds is 3. The van der Waals surface area contributed by atoms with Gasteiger partial charge < -0.3 is 13.7 Å². The smallest absolute Gasteiger partial charge is 0.0562 e. The number of hydrogen-bond donors (Lipinski definition) is 0. The van der Waals surface area contributed by atoms with Crippen molar-refractivity contribution in [1.29, 1.82) is 0 Å². The van der Waals surface area contributed by atoms with Gasteiger partial charge in [-0.2, -0.15) is 0 Å². The predicted molar refractivity (Wildman–Crippen MR) is 242 cm³/mol. The molecule has 11 aromatic rings. The molecule has 0 atom stereocenters. The molecule has 1 aliphatic rings. The van der Waals surface area contributed by atoms with Gasteiger partial charge in [-0.3, -0.25) is 0 Å². The Morgan fingerprint density at radius 2 is 0.860 bits per heavy atom. The Morgan fingerprint density at radius 3 is 1.60 bits per heavy atom. The number of nitrogens with zero attached hydrogens (tertiary/aromatic N) is 3. The van der Waals surface area contributed by atoms with Gasteiger partial charge in [0.25, 0.3) is 0 Å². The first-order chi connectivity index (χ1) is 27.8. The number of hydrogen-bond acceptors (Lipinski definition) is 0. The molecule has 8 aromatic carbocycles. The molecule has 57 heavy (non-hydrogen) atoms. The van der Waals surface area contributed by atoms with Crippen molar-refractivity contribution in [2.45, 2.75) is 51.4 Å². The predicted octanol–water partition coefficient (Wildman–Crippen LogP) is 14.5. The van der Waals surface area contributed by atoms with Gasteiger partial charge in [0.1, 0.15) is 0 Å². The van der Waals surface area contributed by atoms with E-state index in [0.717, 1.165) is 0 Å². The van der Waals surface area contributed by atoms with E-state index < -0.39 is 0 Å². The van der Waals surface area contributed by atoms with Gasteiger partial charge in [-0.05, 0) is 118 Å². The summed E-state index contributed by atoms with van der Waals surface area (Å²) in [6, 6.07) is 61.3. The standard InChI is InChI=1S/C54H43N3/c1-53(2)27-28-54(3,4)45-32-49-42(31-44(45)53)41-30-43-51(56(36-18-9-6-10-19-36)47-26-23-34-15-11-12-20-38(34)52(43)47)33-50(41)57(49)37-24-25-40-39-21-13-14-22-46(39)55(48(40)29-37)35-16-7-5-8-17-35/h5-26,29-33H,27-28H2,1-4H3. The van der Waals surface area contributed by atoms with E-state index in [-0.39, 0.29) is 10.8 Å². The summed E-state index contributed by atoms with van der Waals surface area (Å²) in [7, 11) is 0. The van der Waals surface area contributed by atoms with Crippen molar-refractivity contribution < 1.29 is 0 Å². The van der Waals surface area contributed by atoms with Crippen molar-refractivity contribution in [2.75, 3.05) is 0 Å². The fourth-order valence-corrected chi connectivity index (χ4v) is 10.4. The maximum Gasteiger partial charge on any atom is 0.0562 e. The summed E-state index contributed by atoms with van der Waals surface area (Å²) in [4.78, 5) is 0. The van der Waals surface area contributed by atoms with Crippen LogP contribution in [0.25, 0.3) is 93.3 Å². The van der Waals surface area contributed by atoms with Gasteiger partial charge in [0.15, 0.2) is 0 Å². The molecule has 3 nitrogen and oxygen atoms in total. The molecule has 12 rings (SSSR count). The second-order valence-corrected chi connectivity index (χ2v) is 17.6. The largest absolute Gasteiger partial charge is 0.309 e. The highest BCUT2D eigenvalue weighted by atomic mass is 15.0. The Bertz CT molecular complexity index is 3440. The highest BCUT2D eigenvalue weighted by Gasteiger charge is 2.38. The normalized spacial score (nSPS) is 15.2. The van der Waals surface area contributed by atoms with Crippen LogP contribution in [-0.2, 0) is 10.8 Å². The second kappa shape index (κ2) is 11.5. The maximum absolute atomic E-state index is 2.57. The van der Waals surface area contributed by atoms with Crippen molar-refractivity contribution in [3.8, 4) is 17.1 Å². The molecule has 1 aliphatic carbocycles. The monoisotopic (exact) mass is 733 g/mol. The zero-order valence-electron chi connectivity index (χ0n) is 32.8. The van der Waals surface area contributed by atoms with Crippen LogP contribution in [0.4, 0.5) is 0 Å². The molecule has 0 bridgehead atoms. The van der Waals surface area contributed by atoms with E-state index in [1.807, 2.05) is 0 Å². The van der Waals surface area contributed by atoms with Crippen LogP contribution in [0.2, 0.25) is 0 Å². The van der Waals surface area contributed by atoms with Crippen molar-refractivity contribution in [2.24, 2.45) is 0 Å². The number of aromatic nitrogens is 3. The molecule has 0 amide bonds. The zero-order valence-corrected chi connectivity index (χ0v) is 32.8. The molecule has 0 radical (unpaired) electrons. The number of para-hydroxylation sites is 3. The molecule has 3 heteroatoms. The summed E-state index contributed by atoms with van der Waals surface area (Å²) in [5.41, 5.74) is 14.0. The van der Waals surface area contributed by atoms with Gasteiger partial charge >= 0.3 is 0 Å². The Balaban J connectivity index is 1.27. The summed E-state index contributed by atoms with van der Waals surface area (Å²) in [5.74, 6) is 0. The highest BCUT2D eigenvalue weighted by Crippen LogP contribution is 2.50. The first-order valence-electron chi connectivity index (χ1n) is 20.4. The van der Waals surface area contributed by atoms with E-state index in [1.54, 1.807) is 0 Å². The molecule has 3 aromatic heterocycles. The summed E-state index contributed by atoms with van der Waals surface area (Å²) in [6.45, 7) is 9.78. The zero-order chi connectivity index (χ0) is 38.2. The lowest BCUT2D eigenvalue weighted by molar-refractivity contribution is 0.332. The van der Waals surface area contributed by atoms with E-state index in [9.17, 15) is 0 Å². The van der Waals surface area contributed by atoms with E-state index in [0.29, 0.717) is 0 Å². The molecule has 0 N–H and O–H groups in total. The molecule has 274 valence electrons. The lowest BCUT2D eigenvalue weighted by Crippen LogP contribution is -2.33. The highest BCUT2D eigenvalue weighted by molar-refractivity contribution is 6.25. The van der Waals surface area contributed by atoms with Gasteiger partial charge in [-0.15, -0.1) is 0 Å². The van der Waals surface area contributed by atoms with E-state index in [2.05, 4.69) is 205 Å². The first-order valence-corrected chi connectivity index (χ1v) is 20.4. The van der Waals surface area contributed by atoms with Gasteiger partial charge in [0.2, 0.25) is 0 Å². The summed E-state index contributed by atoms with van der Waals surface area (Å²) in [5, 5.41) is 10.3. The molecule has 0 unspecified atom stereocenters. The lowest BCUT2D eigenvalue weighted by atomic mass is 9.63. The Labute approximate surface area is 332 Å². The van der Waals surface area contributed by atoms with Gasteiger partial charge in [-0.25, -0.2) is 0 Å². The summed E-state index contributed by atoms with van der Waals surface area (Å²) >= 11 is 0. The average molecular weight is 734 g/mol. The molecule has 0 fully saturated rings. The minimum absolute atomic E-state index is 0.0771. The fourth-order valence-electron chi connectivity index (χ4n) is 10.4. The molecule has 0 saturated heterocycles. The first kappa shape index (κ1) is 32.6. The minimum Gasteiger partial charge on any atom is -0.309 e. The Kier molecular flexibility index (Phi) is 6.58. The van der Waals surface area contributed by atoms with Crippen molar-refractivity contribution >= 4 is 76.2 Å². The number of fused-ring (bicyclic) bond motifs is 12. The van der Waals surface area contributed by atoms with Crippen LogP contribution in [0.15, 0.2) is 164 Å². The van der Waals surface area contributed by atoms with Crippen LogP contribution in [0, 0.1) is 0 Å². The molecular formula is C54H43N3. The van der Waals surface area contributed by atoms with Crippen molar-refractivity contribution in [3.63, 3.8) is 0 Å². The molecular weight excluding hydrogens is 691 g/mol. The molecule has 0 saturated carbocycles. The van der Waals surface area contributed by atoms with Crippen LogP contribution in [0.3, 0.4) is 0 Å². The van der Waals surface area contributed by atoms with Gasteiger partial charge in [0.05, 0.1) is 33.1 Å². The third-order valence-electron chi connectivity index (χ3n) is 13.5. The fraction of sp³-hybridized carbons (Fsp3) is 0.148. The Hall–Kier alpha value is -6.58. The third kappa shape index (κ3) is 4.54. The van der Waals surface area contributed by atoms with E-state index >= 15 is 0 Å². The van der Waals surface area contributed by atoms with Crippen molar-refractivity contribution in [1.82, 2.24) is 13.7 Å². The number of benzene rings is 8. The summed E-state index contributed by atoms with van der Waals surface area (Å²) < 4.78 is 7.48. The Morgan fingerprint density at radius 1 is 0.333 bits per heavy atom. The second-order valence-electron chi connectivity index (χ2n) is 17.6. The maximum atomic E-state index is 2.57. The van der Waals surface area contributed by atoms with Crippen molar-refractivity contribution in [3.05, 3.63) is 175 Å². The quantitative estimate of drug-likeness (QED) is 0.172. The van der Waals surface area contributed by atoms with Crippen LogP contribution in [-0.4, -0.2) is 13.7 Å². The van der Waals surface area contributed by atoms with E-state index in [1.165, 1.54) is 117 Å². The summed E-state index contributed by atoms with van der Waals surface area (Å²) in [6.07, 6.45) is 2.35.